The monoisotopic (exact) mass is 376 g/mol. The second-order valence-corrected chi connectivity index (χ2v) is 6.91. The van der Waals surface area contributed by atoms with Crippen LogP contribution in [0.2, 0.25) is 0 Å². The van der Waals surface area contributed by atoms with E-state index < -0.39 is 12.0 Å². The lowest BCUT2D eigenvalue weighted by molar-refractivity contribution is -0.139. The normalized spacial score (nSPS) is 16.2. The number of nitrogens with one attached hydrogen (secondary N) is 1. The summed E-state index contributed by atoms with van der Waals surface area (Å²) in [5, 5.41) is 8.34. The Bertz CT molecular complexity index is 832. The van der Waals surface area contributed by atoms with Crippen LogP contribution in [0, 0.1) is 5.82 Å². The minimum atomic E-state index is -0.519. The standard InChI is InChI=1S/C18H21FN4O2S/c1-4-10-26-18-21-17-20-11(3)14(16(24)25-5-2)15(23(17)22-18)12-6-8-13(19)9-7-12/h6-9,15H,4-5,10H2,1-3H3,(H,20,21,22). The van der Waals surface area contributed by atoms with E-state index in [-0.39, 0.29) is 12.4 Å². The third kappa shape index (κ3) is 3.60. The number of allylic oxidation sites excluding steroid dienone is 1. The van der Waals surface area contributed by atoms with Crippen molar-refractivity contribution in [3.05, 3.63) is 46.9 Å². The summed E-state index contributed by atoms with van der Waals surface area (Å²) in [5.41, 5.74) is 1.85. The number of aromatic nitrogens is 3. The van der Waals surface area contributed by atoms with Gasteiger partial charge >= 0.3 is 5.97 Å². The molecule has 26 heavy (non-hydrogen) atoms. The zero-order valence-corrected chi connectivity index (χ0v) is 15.8. The number of carbonyl (C=O) groups excluding carboxylic acids is 1. The average Bonchev–Trinajstić information content (AvgIpc) is 3.02. The Kier molecular flexibility index (Phi) is 5.61. The molecule has 8 heteroatoms. The lowest BCUT2D eigenvalue weighted by Gasteiger charge is -2.28. The molecule has 1 unspecified atom stereocenters. The Morgan fingerprint density at radius 3 is 2.73 bits per heavy atom. The number of halogens is 1. The Hall–Kier alpha value is -2.35. The second-order valence-electron chi connectivity index (χ2n) is 5.85. The van der Waals surface area contributed by atoms with Gasteiger partial charge in [0.2, 0.25) is 11.1 Å². The minimum absolute atomic E-state index is 0.271. The first-order chi connectivity index (χ1) is 12.5. The van der Waals surface area contributed by atoms with Crippen LogP contribution in [0.15, 0.2) is 40.7 Å². The summed E-state index contributed by atoms with van der Waals surface area (Å²) >= 11 is 1.56. The van der Waals surface area contributed by atoms with E-state index >= 15 is 0 Å². The van der Waals surface area contributed by atoms with Crippen molar-refractivity contribution in [2.75, 3.05) is 17.7 Å². The molecule has 0 bridgehead atoms. The molecule has 0 fully saturated rings. The molecule has 1 atom stereocenters. The number of anilines is 1. The molecule has 138 valence electrons. The summed E-state index contributed by atoms with van der Waals surface area (Å²) < 4.78 is 20.3. The molecule has 6 nitrogen and oxygen atoms in total. The molecule has 1 aromatic carbocycles. The smallest absolute Gasteiger partial charge is 0.338 e. The van der Waals surface area contributed by atoms with Gasteiger partial charge in [0.05, 0.1) is 12.2 Å². The van der Waals surface area contributed by atoms with Crippen molar-refractivity contribution >= 4 is 23.7 Å². The quantitative estimate of drug-likeness (QED) is 0.611. The second kappa shape index (κ2) is 7.90. The lowest BCUT2D eigenvalue weighted by atomic mass is 9.96. The minimum Gasteiger partial charge on any atom is -0.463 e. The average molecular weight is 376 g/mol. The summed E-state index contributed by atoms with van der Waals surface area (Å²) in [6, 6.07) is 5.54. The number of rotatable bonds is 6. The summed E-state index contributed by atoms with van der Waals surface area (Å²) in [5.74, 6) is 0.709. The zero-order chi connectivity index (χ0) is 18.7. The first-order valence-corrected chi connectivity index (χ1v) is 9.53. The number of fused-ring (bicyclic) bond motifs is 1. The molecule has 1 N–H and O–H groups in total. The van der Waals surface area contributed by atoms with Crippen molar-refractivity contribution in [1.29, 1.82) is 0 Å². The highest BCUT2D eigenvalue weighted by Gasteiger charge is 2.35. The third-order valence-corrected chi connectivity index (χ3v) is 4.99. The van der Waals surface area contributed by atoms with Crippen molar-refractivity contribution in [3.63, 3.8) is 0 Å². The topological polar surface area (TPSA) is 69.0 Å². The number of nitrogens with zero attached hydrogens (tertiary/aromatic N) is 3. The van der Waals surface area contributed by atoms with Gasteiger partial charge in [0.25, 0.3) is 0 Å². The predicted molar refractivity (Wildman–Crippen MR) is 98.5 cm³/mol. The maximum Gasteiger partial charge on any atom is 0.338 e. The molecule has 1 aliphatic rings. The van der Waals surface area contributed by atoms with E-state index in [9.17, 15) is 9.18 Å². The summed E-state index contributed by atoms with van der Waals surface area (Å²) in [6.45, 7) is 5.93. The van der Waals surface area contributed by atoms with Gasteiger partial charge in [-0.15, -0.1) is 5.10 Å². The van der Waals surface area contributed by atoms with Crippen molar-refractivity contribution in [2.24, 2.45) is 0 Å². The van der Waals surface area contributed by atoms with Crippen LogP contribution in [-0.4, -0.2) is 33.1 Å². The molecular weight excluding hydrogens is 355 g/mol. The van der Waals surface area contributed by atoms with E-state index in [4.69, 9.17) is 4.74 Å². The fourth-order valence-corrected chi connectivity index (χ4v) is 3.50. The number of carbonyl (C=O) groups is 1. The van der Waals surface area contributed by atoms with Crippen LogP contribution in [-0.2, 0) is 9.53 Å². The molecule has 3 rings (SSSR count). The fourth-order valence-electron chi connectivity index (χ4n) is 2.81. The third-order valence-electron chi connectivity index (χ3n) is 3.95. The highest BCUT2D eigenvalue weighted by molar-refractivity contribution is 7.99. The summed E-state index contributed by atoms with van der Waals surface area (Å²) in [6.07, 6.45) is 1.01. The van der Waals surface area contributed by atoms with Crippen LogP contribution in [0.4, 0.5) is 10.3 Å². The van der Waals surface area contributed by atoms with E-state index in [1.807, 2.05) is 0 Å². The molecule has 2 heterocycles. The maximum atomic E-state index is 13.4. The number of esters is 1. The first-order valence-electron chi connectivity index (χ1n) is 8.54. The Balaban J connectivity index is 2.08. The number of thioether (sulfide) groups is 1. The van der Waals surface area contributed by atoms with E-state index in [1.165, 1.54) is 12.1 Å². The SMILES string of the molecule is CCCSc1nc2n(n1)C(c1ccc(F)cc1)C(C(=O)OCC)=C(C)N2. The van der Waals surface area contributed by atoms with Crippen molar-refractivity contribution < 1.29 is 13.9 Å². The largest absolute Gasteiger partial charge is 0.463 e. The summed E-state index contributed by atoms with van der Waals surface area (Å²) in [4.78, 5) is 17.1. The van der Waals surface area contributed by atoms with E-state index in [2.05, 4.69) is 22.3 Å². The fraction of sp³-hybridized carbons (Fsp3) is 0.389. The Morgan fingerprint density at radius 1 is 1.35 bits per heavy atom. The van der Waals surface area contributed by atoms with Gasteiger partial charge in [0.15, 0.2) is 0 Å². The predicted octanol–water partition coefficient (Wildman–Crippen LogP) is 3.77. The molecule has 1 aliphatic heterocycles. The maximum absolute atomic E-state index is 13.4. The van der Waals surface area contributed by atoms with Crippen LogP contribution in [0.25, 0.3) is 0 Å². The number of ether oxygens (including phenoxy) is 1. The molecule has 0 aliphatic carbocycles. The van der Waals surface area contributed by atoms with Gasteiger partial charge in [-0.3, -0.25) is 0 Å². The molecule has 0 saturated carbocycles. The van der Waals surface area contributed by atoms with Gasteiger partial charge < -0.3 is 10.1 Å². The van der Waals surface area contributed by atoms with E-state index in [1.54, 1.807) is 42.4 Å². The Morgan fingerprint density at radius 2 is 2.08 bits per heavy atom. The number of hydrogen-bond acceptors (Lipinski definition) is 6. The summed E-state index contributed by atoms with van der Waals surface area (Å²) in [7, 11) is 0. The number of benzene rings is 1. The molecule has 0 spiro atoms. The van der Waals surface area contributed by atoms with Crippen LogP contribution >= 0.6 is 11.8 Å². The van der Waals surface area contributed by atoms with E-state index in [0.29, 0.717) is 22.4 Å². The molecule has 0 radical (unpaired) electrons. The van der Waals surface area contributed by atoms with E-state index in [0.717, 1.165) is 17.7 Å². The first kappa shape index (κ1) is 18.4. The van der Waals surface area contributed by atoms with Crippen LogP contribution in [0.5, 0.6) is 0 Å². The number of hydrogen-bond donors (Lipinski definition) is 1. The van der Waals surface area contributed by atoms with Crippen molar-refractivity contribution in [1.82, 2.24) is 14.8 Å². The van der Waals surface area contributed by atoms with Gasteiger partial charge in [-0.1, -0.05) is 30.8 Å². The van der Waals surface area contributed by atoms with Gasteiger partial charge in [-0.05, 0) is 38.0 Å². The zero-order valence-electron chi connectivity index (χ0n) is 15.0. The molecule has 0 amide bonds. The van der Waals surface area contributed by atoms with Crippen molar-refractivity contribution in [3.8, 4) is 0 Å². The Labute approximate surface area is 155 Å². The van der Waals surface area contributed by atoms with Crippen LogP contribution in [0.3, 0.4) is 0 Å². The molecule has 0 saturated heterocycles. The molecular formula is C18H21FN4O2S. The van der Waals surface area contributed by atoms with Gasteiger partial charge in [0, 0.05) is 11.4 Å². The van der Waals surface area contributed by atoms with Crippen LogP contribution in [0.1, 0.15) is 38.8 Å². The highest BCUT2D eigenvalue weighted by atomic mass is 32.2. The van der Waals surface area contributed by atoms with Crippen LogP contribution < -0.4 is 5.32 Å². The van der Waals surface area contributed by atoms with Gasteiger partial charge in [-0.2, -0.15) is 4.98 Å². The molecule has 1 aromatic heterocycles. The van der Waals surface area contributed by atoms with Gasteiger partial charge in [0.1, 0.15) is 11.9 Å². The highest BCUT2D eigenvalue weighted by Crippen LogP contribution is 2.36. The lowest BCUT2D eigenvalue weighted by Crippen LogP contribution is -2.29. The molecule has 2 aromatic rings. The van der Waals surface area contributed by atoms with Crippen molar-refractivity contribution in [2.45, 2.75) is 38.4 Å². The van der Waals surface area contributed by atoms with Gasteiger partial charge in [-0.25, -0.2) is 13.9 Å².